The van der Waals surface area contributed by atoms with Gasteiger partial charge in [0, 0.05) is 36.3 Å². The Bertz CT molecular complexity index is 979. The number of likely N-dealkylation sites (tertiary alicyclic amines) is 1. The molecule has 0 bridgehead atoms. The van der Waals surface area contributed by atoms with Gasteiger partial charge in [-0.1, -0.05) is 35.5 Å². The van der Waals surface area contributed by atoms with E-state index in [0.717, 1.165) is 29.7 Å². The molecule has 0 saturated carbocycles. The van der Waals surface area contributed by atoms with Gasteiger partial charge in [-0.3, -0.25) is 20.0 Å². The van der Waals surface area contributed by atoms with Crippen LogP contribution in [0.4, 0.5) is 5.82 Å². The first kappa shape index (κ1) is 18.0. The van der Waals surface area contributed by atoms with Crippen LogP contribution in [0, 0.1) is 6.92 Å². The fraction of sp³-hybridized carbons (Fsp3) is 0.300. The van der Waals surface area contributed by atoms with E-state index in [9.17, 15) is 9.59 Å². The van der Waals surface area contributed by atoms with Crippen molar-refractivity contribution in [2.75, 3.05) is 18.4 Å². The van der Waals surface area contributed by atoms with Gasteiger partial charge in [-0.2, -0.15) is 5.10 Å². The lowest BCUT2D eigenvalue weighted by molar-refractivity contribution is -0.144. The molecule has 3 aromatic rings. The van der Waals surface area contributed by atoms with Gasteiger partial charge in [0.2, 0.25) is 0 Å². The SMILES string of the molecule is Cc1cc(NC(=O)C(=O)N2CCC[C@@H](c3[nH]ncc3-c3ccccc3)C2)no1. The molecule has 144 valence electrons. The standard InChI is InChI=1S/C20H21N5O3/c1-13-10-17(24-28-13)22-19(26)20(27)25-9-5-8-15(12-25)18-16(11-21-23-18)14-6-3-2-4-7-14/h2-4,6-7,10-11,15H,5,8-9,12H2,1H3,(H,21,23)(H,22,24,26)/t15-/m1/s1. The molecule has 28 heavy (non-hydrogen) atoms. The Labute approximate surface area is 161 Å². The van der Waals surface area contributed by atoms with Crippen LogP contribution in [-0.4, -0.2) is 45.2 Å². The highest BCUT2D eigenvalue weighted by atomic mass is 16.5. The number of anilines is 1. The van der Waals surface area contributed by atoms with Gasteiger partial charge in [0.15, 0.2) is 5.82 Å². The Morgan fingerprint density at radius 2 is 2.11 bits per heavy atom. The molecule has 2 N–H and O–H groups in total. The Balaban J connectivity index is 1.47. The van der Waals surface area contributed by atoms with Crippen molar-refractivity contribution in [1.82, 2.24) is 20.3 Å². The smallest absolute Gasteiger partial charge is 0.315 e. The molecule has 1 aromatic carbocycles. The van der Waals surface area contributed by atoms with E-state index in [1.54, 1.807) is 17.9 Å². The van der Waals surface area contributed by atoms with Crippen molar-refractivity contribution >= 4 is 17.6 Å². The van der Waals surface area contributed by atoms with E-state index in [4.69, 9.17) is 4.52 Å². The molecule has 0 radical (unpaired) electrons. The van der Waals surface area contributed by atoms with Crippen LogP contribution in [0.15, 0.2) is 47.1 Å². The largest absolute Gasteiger partial charge is 0.360 e. The highest BCUT2D eigenvalue weighted by Crippen LogP contribution is 2.33. The average molecular weight is 379 g/mol. The zero-order valence-electron chi connectivity index (χ0n) is 15.5. The van der Waals surface area contributed by atoms with Gasteiger partial charge in [0.1, 0.15) is 5.76 Å². The summed E-state index contributed by atoms with van der Waals surface area (Å²) in [4.78, 5) is 26.5. The number of piperidine rings is 1. The minimum atomic E-state index is -0.707. The van der Waals surface area contributed by atoms with Gasteiger partial charge in [-0.05, 0) is 25.3 Å². The number of aromatic amines is 1. The van der Waals surface area contributed by atoms with E-state index in [0.29, 0.717) is 18.8 Å². The number of carbonyl (C=O) groups is 2. The molecular formula is C20H21N5O3. The molecule has 1 saturated heterocycles. The van der Waals surface area contributed by atoms with Gasteiger partial charge in [-0.25, -0.2) is 0 Å². The number of nitrogens with one attached hydrogen (secondary N) is 2. The maximum Gasteiger partial charge on any atom is 0.315 e. The molecule has 0 spiro atoms. The van der Waals surface area contributed by atoms with Crippen molar-refractivity contribution < 1.29 is 14.1 Å². The molecule has 1 aliphatic heterocycles. The molecule has 0 aliphatic carbocycles. The van der Waals surface area contributed by atoms with Crippen molar-refractivity contribution in [2.45, 2.75) is 25.7 Å². The number of nitrogens with zero attached hydrogens (tertiary/aromatic N) is 3. The molecule has 2 aromatic heterocycles. The van der Waals surface area contributed by atoms with Gasteiger partial charge in [0.05, 0.1) is 6.20 Å². The highest BCUT2D eigenvalue weighted by Gasteiger charge is 2.31. The quantitative estimate of drug-likeness (QED) is 0.681. The lowest BCUT2D eigenvalue weighted by atomic mass is 9.90. The topological polar surface area (TPSA) is 104 Å². The second-order valence-corrected chi connectivity index (χ2v) is 6.93. The monoisotopic (exact) mass is 379 g/mol. The molecule has 3 heterocycles. The average Bonchev–Trinajstić information content (AvgIpc) is 3.37. The summed E-state index contributed by atoms with van der Waals surface area (Å²) in [6, 6.07) is 11.6. The maximum atomic E-state index is 12.6. The zero-order chi connectivity index (χ0) is 19.5. The molecule has 1 fully saturated rings. The van der Waals surface area contributed by atoms with E-state index in [-0.39, 0.29) is 11.7 Å². The second-order valence-electron chi connectivity index (χ2n) is 6.93. The molecule has 8 nitrogen and oxygen atoms in total. The van der Waals surface area contributed by atoms with E-state index in [2.05, 4.69) is 20.7 Å². The van der Waals surface area contributed by atoms with Crippen LogP contribution in [0.1, 0.15) is 30.2 Å². The fourth-order valence-corrected chi connectivity index (χ4v) is 3.59. The fourth-order valence-electron chi connectivity index (χ4n) is 3.59. The number of aromatic nitrogens is 3. The van der Waals surface area contributed by atoms with Crippen LogP contribution in [0.2, 0.25) is 0 Å². The first-order valence-corrected chi connectivity index (χ1v) is 9.24. The van der Waals surface area contributed by atoms with Crippen LogP contribution in [0.25, 0.3) is 11.1 Å². The summed E-state index contributed by atoms with van der Waals surface area (Å²) in [6.45, 7) is 2.73. The Morgan fingerprint density at radius 1 is 1.29 bits per heavy atom. The summed E-state index contributed by atoms with van der Waals surface area (Å²) >= 11 is 0. The third-order valence-electron chi connectivity index (χ3n) is 4.93. The normalized spacial score (nSPS) is 16.8. The van der Waals surface area contributed by atoms with E-state index in [1.165, 1.54) is 0 Å². The molecule has 2 amide bonds. The minimum Gasteiger partial charge on any atom is -0.360 e. The summed E-state index contributed by atoms with van der Waals surface area (Å²) in [5.74, 6) is -0.372. The van der Waals surface area contributed by atoms with E-state index < -0.39 is 11.8 Å². The highest BCUT2D eigenvalue weighted by molar-refractivity contribution is 6.39. The van der Waals surface area contributed by atoms with Crippen LogP contribution in [-0.2, 0) is 9.59 Å². The van der Waals surface area contributed by atoms with Gasteiger partial charge < -0.3 is 9.42 Å². The molecule has 1 aliphatic rings. The van der Waals surface area contributed by atoms with Gasteiger partial charge in [-0.15, -0.1) is 0 Å². The van der Waals surface area contributed by atoms with Crippen molar-refractivity contribution in [3.63, 3.8) is 0 Å². The number of H-pyrrole nitrogens is 1. The Morgan fingerprint density at radius 3 is 2.86 bits per heavy atom. The van der Waals surface area contributed by atoms with Crippen molar-refractivity contribution in [3.05, 3.63) is 54.0 Å². The number of aryl methyl sites for hydroxylation is 1. The maximum absolute atomic E-state index is 12.6. The zero-order valence-corrected chi connectivity index (χ0v) is 15.5. The predicted molar refractivity (Wildman–Crippen MR) is 102 cm³/mol. The minimum absolute atomic E-state index is 0.0949. The van der Waals surface area contributed by atoms with Crippen molar-refractivity contribution in [2.24, 2.45) is 0 Å². The van der Waals surface area contributed by atoms with Gasteiger partial charge in [0.25, 0.3) is 0 Å². The summed E-state index contributed by atoms with van der Waals surface area (Å²) in [5, 5.41) is 13.5. The number of hydrogen-bond acceptors (Lipinski definition) is 5. The molecule has 1 atom stereocenters. The van der Waals surface area contributed by atoms with E-state index in [1.807, 2.05) is 36.5 Å². The molecule has 0 unspecified atom stereocenters. The molecule has 4 rings (SSSR count). The summed E-state index contributed by atoms with van der Waals surface area (Å²) in [7, 11) is 0. The van der Waals surface area contributed by atoms with Crippen LogP contribution in [0.3, 0.4) is 0 Å². The van der Waals surface area contributed by atoms with Crippen molar-refractivity contribution in [1.29, 1.82) is 0 Å². The number of hydrogen-bond donors (Lipinski definition) is 2. The van der Waals surface area contributed by atoms with Crippen LogP contribution in [0.5, 0.6) is 0 Å². The second kappa shape index (κ2) is 7.67. The number of amides is 2. The molecule has 8 heteroatoms. The number of carbonyl (C=O) groups excluding carboxylic acids is 2. The third-order valence-corrected chi connectivity index (χ3v) is 4.93. The van der Waals surface area contributed by atoms with Crippen LogP contribution >= 0.6 is 0 Å². The third kappa shape index (κ3) is 3.66. The Hall–Kier alpha value is -3.42. The number of rotatable bonds is 3. The first-order chi connectivity index (χ1) is 13.6. The molecular weight excluding hydrogens is 358 g/mol. The first-order valence-electron chi connectivity index (χ1n) is 9.24. The lowest BCUT2D eigenvalue weighted by Gasteiger charge is -2.32. The van der Waals surface area contributed by atoms with Gasteiger partial charge >= 0.3 is 11.8 Å². The lowest BCUT2D eigenvalue weighted by Crippen LogP contribution is -2.44. The number of benzene rings is 1. The van der Waals surface area contributed by atoms with Crippen molar-refractivity contribution in [3.8, 4) is 11.1 Å². The predicted octanol–water partition coefficient (Wildman–Crippen LogP) is 2.72. The summed E-state index contributed by atoms with van der Waals surface area (Å²) in [5.41, 5.74) is 3.10. The van der Waals surface area contributed by atoms with Crippen LogP contribution < -0.4 is 5.32 Å². The van der Waals surface area contributed by atoms with E-state index >= 15 is 0 Å². The Kier molecular flexibility index (Phi) is 4.92. The summed E-state index contributed by atoms with van der Waals surface area (Å²) in [6.07, 6.45) is 3.56. The summed E-state index contributed by atoms with van der Waals surface area (Å²) < 4.78 is 4.91.